The molecule has 0 aromatic carbocycles. The molecule has 0 amide bonds. The third kappa shape index (κ3) is 1.03. The van der Waals surface area contributed by atoms with E-state index in [1.165, 1.54) is 5.41 Å². The summed E-state index contributed by atoms with van der Waals surface area (Å²) in [5, 5.41) is 1.32. The third-order valence-electron chi connectivity index (χ3n) is 2.86. The number of fused-ring (bicyclic) bond motifs is 1. The molecule has 2 aliphatic rings. The second kappa shape index (κ2) is 2.35. The molecule has 2 nitrogen and oxygen atoms in total. The van der Waals surface area contributed by atoms with E-state index in [1.54, 1.807) is 13.0 Å². The van der Waals surface area contributed by atoms with Crippen molar-refractivity contribution >= 4 is 9.84 Å². The van der Waals surface area contributed by atoms with Crippen LogP contribution in [0.3, 0.4) is 0 Å². The first kappa shape index (κ1) is 8.75. The van der Waals surface area contributed by atoms with Crippen LogP contribution in [0.4, 0.5) is 0 Å². The normalized spacial score (nSPS) is 35.2. The van der Waals surface area contributed by atoms with Gasteiger partial charge in [0.25, 0.3) is 0 Å². The summed E-state index contributed by atoms with van der Waals surface area (Å²) in [6.07, 6.45) is 6.24. The van der Waals surface area contributed by atoms with Gasteiger partial charge >= 0.3 is 0 Å². The van der Waals surface area contributed by atoms with Crippen LogP contribution in [0.5, 0.6) is 0 Å². The van der Waals surface area contributed by atoms with Crippen molar-refractivity contribution in [1.82, 2.24) is 0 Å². The number of sulfone groups is 1. The Morgan fingerprint density at radius 1 is 1.46 bits per heavy atom. The quantitative estimate of drug-likeness (QED) is 0.593. The fraction of sp³-hybridized carbons (Fsp3) is 0.400. The van der Waals surface area contributed by atoms with Gasteiger partial charge in [0.05, 0.1) is 0 Å². The van der Waals surface area contributed by atoms with Crippen molar-refractivity contribution < 1.29 is 8.42 Å². The summed E-state index contributed by atoms with van der Waals surface area (Å²) in [4.78, 5) is 0. The van der Waals surface area contributed by atoms with Gasteiger partial charge in [-0.1, -0.05) is 17.7 Å². The van der Waals surface area contributed by atoms with Gasteiger partial charge < -0.3 is 0 Å². The molecule has 1 aliphatic carbocycles. The van der Waals surface area contributed by atoms with Gasteiger partial charge in [-0.25, -0.2) is 8.42 Å². The molecular weight excluding hydrogens is 184 g/mol. The maximum Gasteiger partial charge on any atom is 0.181 e. The van der Waals surface area contributed by atoms with Crippen LogP contribution in [0, 0.1) is 0 Å². The van der Waals surface area contributed by atoms with Gasteiger partial charge in [0, 0.05) is 5.41 Å². The predicted octanol–water partition coefficient (Wildman–Crippen LogP) is 1.96. The average Bonchev–Trinajstić information content (AvgIpc) is 2.27. The molecule has 3 heteroatoms. The van der Waals surface area contributed by atoms with E-state index in [9.17, 15) is 8.42 Å². The Balaban J connectivity index is 2.61. The summed E-state index contributed by atoms with van der Waals surface area (Å²) >= 11 is 0. The van der Waals surface area contributed by atoms with Crippen molar-refractivity contribution in [3.8, 4) is 0 Å². The molecule has 0 aromatic heterocycles. The molecule has 0 spiro atoms. The molecule has 0 radical (unpaired) electrons. The van der Waals surface area contributed by atoms with Crippen molar-refractivity contribution in [3.05, 3.63) is 34.8 Å². The van der Waals surface area contributed by atoms with Gasteiger partial charge in [-0.3, -0.25) is 0 Å². The minimum atomic E-state index is -3.06. The van der Waals surface area contributed by atoms with E-state index in [4.69, 9.17) is 0 Å². The topological polar surface area (TPSA) is 34.1 Å². The van der Waals surface area contributed by atoms with Crippen molar-refractivity contribution in [2.24, 2.45) is 0 Å². The van der Waals surface area contributed by atoms with Crippen LogP contribution in [0.1, 0.15) is 20.3 Å². The van der Waals surface area contributed by atoms with Crippen LogP contribution in [-0.4, -0.2) is 13.2 Å². The number of hydrogen-bond donors (Lipinski definition) is 0. The van der Waals surface area contributed by atoms with Gasteiger partial charge in [-0.2, -0.15) is 0 Å². The van der Waals surface area contributed by atoms with Gasteiger partial charge in [0.2, 0.25) is 0 Å². The van der Waals surface area contributed by atoms with Crippen LogP contribution in [0.25, 0.3) is 0 Å². The van der Waals surface area contributed by atoms with Crippen molar-refractivity contribution in [3.63, 3.8) is 0 Å². The highest BCUT2D eigenvalue weighted by Crippen LogP contribution is 2.41. The zero-order valence-electron chi connectivity index (χ0n) is 7.74. The van der Waals surface area contributed by atoms with Crippen molar-refractivity contribution in [2.45, 2.75) is 25.0 Å². The van der Waals surface area contributed by atoms with E-state index < -0.39 is 14.6 Å². The molecule has 1 aliphatic heterocycles. The van der Waals surface area contributed by atoms with Crippen LogP contribution < -0.4 is 0 Å². The Labute approximate surface area is 78.6 Å². The Morgan fingerprint density at radius 3 is 2.85 bits per heavy atom. The maximum atomic E-state index is 11.7. The Bertz CT molecular complexity index is 438. The van der Waals surface area contributed by atoms with E-state index in [1.807, 2.05) is 19.1 Å². The Morgan fingerprint density at radius 2 is 2.15 bits per heavy atom. The lowest BCUT2D eigenvalue weighted by molar-refractivity contribution is 0.570. The van der Waals surface area contributed by atoms with E-state index in [0.29, 0.717) is 6.42 Å². The van der Waals surface area contributed by atoms with E-state index in [-0.39, 0.29) is 0 Å². The molecule has 70 valence electrons. The molecule has 0 saturated heterocycles. The standard InChI is InChI=1S/C10H12O2S/c1-8-3-5-10(2)9(7-8)4-6-13(10,11)12/h3-4,6-7H,5H2,1-2H3. The highest BCUT2D eigenvalue weighted by molar-refractivity contribution is 7.96. The number of rotatable bonds is 0. The third-order valence-corrected chi connectivity index (χ3v) is 5.01. The minimum Gasteiger partial charge on any atom is -0.223 e. The lowest BCUT2D eigenvalue weighted by atomic mass is 9.90. The monoisotopic (exact) mass is 196 g/mol. The Hall–Kier alpha value is -0.830. The SMILES string of the molecule is CC1=CCC2(C)C(=C1)C=CS2(=O)=O. The molecule has 0 saturated carbocycles. The summed E-state index contributed by atoms with van der Waals surface area (Å²) in [6.45, 7) is 3.78. The van der Waals surface area contributed by atoms with Gasteiger partial charge in [0.1, 0.15) is 4.75 Å². The lowest BCUT2D eigenvalue weighted by Gasteiger charge is -2.26. The van der Waals surface area contributed by atoms with Crippen LogP contribution in [0.2, 0.25) is 0 Å². The zero-order valence-corrected chi connectivity index (χ0v) is 8.56. The predicted molar refractivity (Wildman–Crippen MR) is 52.9 cm³/mol. The Kier molecular flexibility index (Phi) is 1.58. The number of hydrogen-bond acceptors (Lipinski definition) is 2. The molecule has 1 atom stereocenters. The van der Waals surface area contributed by atoms with Crippen molar-refractivity contribution in [2.75, 3.05) is 0 Å². The summed E-state index contributed by atoms with van der Waals surface area (Å²) in [6, 6.07) is 0. The second-order valence-corrected chi connectivity index (χ2v) is 6.09. The van der Waals surface area contributed by atoms with E-state index >= 15 is 0 Å². The largest absolute Gasteiger partial charge is 0.223 e. The summed E-state index contributed by atoms with van der Waals surface area (Å²) in [7, 11) is -3.06. The average molecular weight is 196 g/mol. The van der Waals surface area contributed by atoms with Gasteiger partial charge in [0.15, 0.2) is 9.84 Å². The second-order valence-electron chi connectivity index (χ2n) is 3.83. The lowest BCUT2D eigenvalue weighted by Crippen LogP contribution is -2.32. The highest BCUT2D eigenvalue weighted by Gasteiger charge is 2.44. The summed E-state index contributed by atoms with van der Waals surface area (Å²) < 4.78 is 22.6. The molecule has 13 heavy (non-hydrogen) atoms. The molecule has 2 rings (SSSR count). The van der Waals surface area contributed by atoms with E-state index in [0.717, 1.165) is 11.1 Å². The van der Waals surface area contributed by atoms with Gasteiger partial charge in [-0.15, -0.1) is 0 Å². The first-order valence-electron chi connectivity index (χ1n) is 4.27. The van der Waals surface area contributed by atoms with E-state index in [2.05, 4.69) is 0 Å². The summed E-state index contributed by atoms with van der Waals surface area (Å²) in [5.41, 5.74) is 2.07. The molecule has 0 fully saturated rings. The molecule has 0 bridgehead atoms. The molecule has 1 heterocycles. The molecule has 0 aromatic rings. The zero-order chi connectivity index (χ0) is 9.69. The van der Waals surface area contributed by atoms with Crippen molar-refractivity contribution in [1.29, 1.82) is 0 Å². The molecule has 1 unspecified atom stereocenters. The molecular formula is C10H12O2S. The number of allylic oxidation sites excluding steroid dienone is 4. The fourth-order valence-corrected chi connectivity index (χ4v) is 3.15. The fourth-order valence-electron chi connectivity index (χ4n) is 1.75. The van der Waals surface area contributed by atoms with Crippen LogP contribution in [-0.2, 0) is 9.84 Å². The minimum absolute atomic E-state index is 0.597. The highest BCUT2D eigenvalue weighted by atomic mass is 32.2. The first-order chi connectivity index (χ1) is 5.96. The van der Waals surface area contributed by atoms with Gasteiger partial charge in [-0.05, 0) is 31.9 Å². The van der Waals surface area contributed by atoms with Crippen LogP contribution >= 0.6 is 0 Å². The maximum absolute atomic E-state index is 11.7. The molecule has 0 N–H and O–H groups in total. The summed E-state index contributed by atoms with van der Waals surface area (Å²) in [5.74, 6) is 0. The van der Waals surface area contributed by atoms with Crippen LogP contribution in [0.15, 0.2) is 34.8 Å². The first-order valence-corrected chi connectivity index (χ1v) is 5.82. The smallest absolute Gasteiger partial charge is 0.181 e.